The van der Waals surface area contributed by atoms with Crippen LogP contribution in [0.4, 0.5) is 0 Å². The summed E-state index contributed by atoms with van der Waals surface area (Å²) >= 11 is 6.41. The largest absolute Gasteiger partial charge is 0.345 e. The molecule has 1 aromatic carbocycles. The first kappa shape index (κ1) is 13.2. The quantitative estimate of drug-likeness (QED) is 0.872. The normalized spacial score (nSPS) is 28.3. The third kappa shape index (κ3) is 1.90. The minimum absolute atomic E-state index is 0.479. The summed E-state index contributed by atoms with van der Waals surface area (Å²) in [5.41, 5.74) is 3.83. The number of nitrogens with one attached hydrogen (secondary N) is 1. The number of piperidine rings is 1. The van der Waals surface area contributed by atoms with Crippen molar-refractivity contribution in [2.75, 3.05) is 13.6 Å². The maximum atomic E-state index is 9.02. The number of H-pyrrole nitrogens is 1. The molecule has 0 unspecified atom stereocenters. The first-order chi connectivity index (χ1) is 10.2. The number of aromatic nitrogens is 1. The minimum Gasteiger partial charge on any atom is -0.345 e. The molecule has 3 atom stereocenters. The molecule has 0 saturated carbocycles. The average molecular weight is 300 g/mol. The number of likely N-dealkylation sites (N-methyl/N-ethyl adjacent to an activating group) is 1. The van der Waals surface area contributed by atoms with Crippen LogP contribution in [0.1, 0.15) is 29.9 Å². The van der Waals surface area contributed by atoms with Gasteiger partial charge in [-0.15, -0.1) is 0 Å². The summed E-state index contributed by atoms with van der Waals surface area (Å²) in [7, 11) is 2.19. The molecular formula is C17H18ClN3. The number of benzene rings is 1. The van der Waals surface area contributed by atoms with Crippen molar-refractivity contribution in [2.45, 2.75) is 31.2 Å². The highest BCUT2D eigenvalue weighted by Crippen LogP contribution is 2.46. The first-order valence-corrected chi connectivity index (χ1v) is 7.93. The molecule has 1 aliphatic carbocycles. The fourth-order valence-corrected chi connectivity index (χ4v) is 4.65. The topological polar surface area (TPSA) is 42.8 Å². The summed E-state index contributed by atoms with van der Waals surface area (Å²) in [6, 6.07) is 9.32. The summed E-state index contributed by atoms with van der Waals surface area (Å²) in [5, 5.41) is 11.1. The van der Waals surface area contributed by atoms with Gasteiger partial charge in [0.05, 0.1) is 6.07 Å². The van der Waals surface area contributed by atoms with Crippen LogP contribution in [0.3, 0.4) is 0 Å². The molecule has 0 spiro atoms. The number of likely N-dealkylation sites (tertiary alicyclic amines) is 1. The number of hydrogen-bond donors (Lipinski definition) is 1. The lowest BCUT2D eigenvalue weighted by atomic mass is 9.72. The van der Waals surface area contributed by atoms with Crippen LogP contribution in [-0.2, 0) is 6.42 Å². The zero-order chi connectivity index (χ0) is 14.6. The Balaban J connectivity index is 1.84. The van der Waals surface area contributed by atoms with E-state index in [1.807, 2.05) is 0 Å². The second-order valence-electron chi connectivity index (χ2n) is 6.47. The summed E-state index contributed by atoms with van der Waals surface area (Å²) in [6.07, 6.45) is 2.78. The van der Waals surface area contributed by atoms with E-state index in [1.165, 1.54) is 16.5 Å². The first-order valence-electron chi connectivity index (χ1n) is 7.55. The van der Waals surface area contributed by atoms with E-state index in [1.54, 1.807) is 0 Å². The van der Waals surface area contributed by atoms with Crippen LogP contribution in [0, 0.1) is 17.2 Å². The van der Waals surface area contributed by atoms with Crippen molar-refractivity contribution < 1.29 is 0 Å². The number of aromatic amines is 1. The Kier molecular flexibility index (Phi) is 2.99. The highest BCUT2D eigenvalue weighted by molar-refractivity contribution is 6.32. The molecule has 1 fully saturated rings. The number of halogens is 1. The van der Waals surface area contributed by atoms with Gasteiger partial charge in [0.15, 0.2) is 0 Å². The minimum atomic E-state index is 0.479. The Morgan fingerprint density at radius 2 is 2.33 bits per heavy atom. The molecule has 108 valence electrons. The van der Waals surface area contributed by atoms with Crippen molar-refractivity contribution in [1.82, 2.24) is 9.88 Å². The van der Waals surface area contributed by atoms with Crippen LogP contribution < -0.4 is 0 Å². The molecule has 21 heavy (non-hydrogen) atoms. The lowest BCUT2D eigenvalue weighted by Gasteiger charge is -2.45. The molecule has 2 aromatic rings. The Morgan fingerprint density at radius 3 is 3.14 bits per heavy atom. The Morgan fingerprint density at radius 1 is 1.48 bits per heavy atom. The van der Waals surface area contributed by atoms with Gasteiger partial charge < -0.3 is 9.88 Å². The van der Waals surface area contributed by atoms with Gasteiger partial charge in [0.1, 0.15) is 5.15 Å². The van der Waals surface area contributed by atoms with Gasteiger partial charge in [-0.3, -0.25) is 0 Å². The van der Waals surface area contributed by atoms with Gasteiger partial charge in [-0.05, 0) is 43.0 Å². The van der Waals surface area contributed by atoms with Crippen molar-refractivity contribution in [3.8, 4) is 6.07 Å². The van der Waals surface area contributed by atoms with Crippen LogP contribution in [0.15, 0.2) is 18.2 Å². The van der Waals surface area contributed by atoms with Crippen LogP contribution >= 0.6 is 11.6 Å². The molecule has 0 bridgehead atoms. The monoisotopic (exact) mass is 299 g/mol. The molecular weight excluding hydrogens is 282 g/mol. The molecule has 0 amide bonds. The number of hydrogen-bond acceptors (Lipinski definition) is 2. The van der Waals surface area contributed by atoms with Crippen molar-refractivity contribution in [3.63, 3.8) is 0 Å². The van der Waals surface area contributed by atoms with Gasteiger partial charge >= 0.3 is 0 Å². The Labute approximate surface area is 129 Å². The maximum absolute atomic E-state index is 9.02. The maximum Gasteiger partial charge on any atom is 0.110 e. The highest BCUT2D eigenvalue weighted by Gasteiger charge is 2.39. The molecule has 1 saturated heterocycles. The fourth-order valence-electron chi connectivity index (χ4n) is 4.37. The van der Waals surface area contributed by atoms with Crippen LogP contribution in [0.2, 0.25) is 5.15 Å². The molecule has 1 N–H and O–H groups in total. The van der Waals surface area contributed by atoms with E-state index in [2.05, 4.69) is 41.2 Å². The zero-order valence-electron chi connectivity index (χ0n) is 12.1. The van der Waals surface area contributed by atoms with E-state index in [9.17, 15) is 0 Å². The van der Waals surface area contributed by atoms with Gasteiger partial charge in [0, 0.05) is 35.8 Å². The molecule has 2 heterocycles. The molecule has 0 radical (unpaired) electrons. The smallest absolute Gasteiger partial charge is 0.110 e. The zero-order valence-corrected chi connectivity index (χ0v) is 12.8. The van der Waals surface area contributed by atoms with E-state index in [0.717, 1.165) is 30.1 Å². The molecule has 3 nitrogen and oxygen atoms in total. The van der Waals surface area contributed by atoms with Crippen LogP contribution in [0.25, 0.3) is 10.9 Å². The van der Waals surface area contributed by atoms with Gasteiger partial charge in [-0.25, -0.2) is 0 Å². The molecule has 2 aliphatic rings. The summed E-state index contributed by atoms with van der Waals surface area (Å²) < 4.78 is 0. The lowest BCUT2D eigenvalue weighted by Crippen LogP contribution is -2.47. The Bertz CT molecular complexity index is 742. The fraction of sp³-hybridized carbons (Fsp3) is 0.471. The van der Waals surface area contributed by atoms with Crippen molar-refractivity contribution in [1.29, 1.82) is 5.26 Å². The standard InChI is InChI=1S/C17H18ClN3/c1-21-9-10(5-6-19)7-12-11-3-2-4-14-16(11)13(8-15(12)21)17(18)20-14/h2-4,10,12,15,20H,5,7-9H2,1H3/t10-,12-,15-/m1/s1. The van der Waals surface area contributed by atoms with Gasteiger partial charge in [0.2, 0.25) is 0 Å². The third-order valence-corrected chi connectivity index (χ3v) is 5.59. The van der Waals surface area contributed by atoms with Crippen LogP contribution in [-0.4, -0.2) is 29.5 Å². The number of nitriles is 1. The number of rotatable bonds is 1. The molecule has 4 rings (SSSR count). The predicted molar refractivity (Wildman–Crippen MR) is 84.5 cm³/mol. The molecule has 4 heteroatoms. The van der Waals surface area contributed by atoms with Gasteiger partial charge in [-0.2, -0.15) is 5.26 Å². The number of fused-ring (bicyclic) bond motifs is 2. The predicted octanol–water partition coefficient (Wildman–Crippen LogP) is 3.69. The Hall–Kier alpha value is -1.50. The lowest BCUT2D eigenvalue weighted by molar-refractivity contribution is 0.113. The van der Waals surface area contributed by atoms with E-state index >= 15 is 0 Å². The summed E-state index contributed by atoms with van der Waals surface area (Å²) in [4.78, 5) is 5.75. The average Bonchev–Trinajstić information content (AvgIpc) is 2.78. The van der Waals surface area contributed by atoms with Crippen molar-refractivity contribution in [3.05, 3.63) is 34.5 Å². The summed E-state index contributed by atoms with van der Waals surface area (Å²) in [5.74, 6) is 0.998. The van der Waals surface area contributed by atoms with E-state index in [-0.39, 0.29) is 0 Å². The van der Waals surface area contributed by atoms with Gasteiger partial charge in [-0.1, -0.05) is 23.7 Å². The number of nitrogens with zero attached hydrogens (tertiary/aromatic N) is 2. The molecule has 1 aliphatic heterocycles. The van der Waals surface area contributed by atoms with Crippen molar-refractivity contribution >= 4 is 22.5 Å². The van der Waals surface area contributed by atoms with Crippen molar-refractivity contribution in [2.24, 2.45) is 5.92 Å². The molecule has 1 aromatic heterocycles. The second kappa shape index (κ2) is 4.76. The van der Waals surface area contributed by atoms with E-state index < -0.39 is 0 Å². The SMILES string of the molecule is CN1C[C@H](CC#N)C[C@@H]2c3cccc4[nH]c(Cl)c(c34)C[C@H]21. The van der Waals surface area contributed by atoms with E-state index in [4.69, 9.17) is 16.9 Å². The van der Waals surface area contributed by atoms with Crippen LogP contribution in [0.5, 0.6) is 0 Å². The third-order valence-electron chi connectivity index (χ3n) is 5.26. The summed E-state index contributed by atoms with van der Waals surface area (Å²) in [6.45, 7) is 1.02. The second-order valence-corrected chi connectivity index (χ2v) is 6.85. The highest BCUT2D eigenvalue weighted by atomic mass is 35.5. The van der Waals surface area contributed by atoms with E-state index in [0.29, 0.717) is 24.3 Å². The van der Waals surface area contributed by atoms with Gasteiger partial charge in [0.25, 0.3) is 0 Å².